The molecule has 3 nitrogen and oxygen atoms in total. The number of pyridine rings is 2. The van der Waals surface area contributed by atoms with Gasteiger partial charge < -0.3 is 4.74 Å². The van der Waals surface area contributed by atoms with Gasteiger partial charge in [0.05, 0.1) is 11.6 Å². The zero-order valence-electron chi connectivity index (χ0n) is 10.6. The number of hydrogen-bond acceptors (Lipinski definition) is 4. The van der Waals surface area contributed by atoms with Gasteiger partial charge in [0.1, 0.15) is 0 Å². The molecule has 0 radical (unpaired) electrons. The summed E-state index contributed by atoms with van der Waals surface area (Å²) in [6, 6.07) is 8.01. The number of aryl methyl sites for hydroxylation is 1. The molecule has 0 aromatic carbocycles. The second-order valence-corrected chi connectivity index (χ2v) is 4.81. The summed E-state index contributed by atoms with van der Waals surface area (Å²) in [5, 5.41) is 1.04. The first kappa shape index (κ1) is 12.9. The maximum Gasteiger partial charge on any atom is 0.213 e. The van der Waals surface area contributed by atoms with Gasteiger partial charge in [-0.1, -0.05) is 12.1 Å². The molecule has 0 aliphatic heterocycles. The average molecular weight is 260 g/mol. The van der Waals surface area contributed by atoms with E-state index in [1.165, 1.54) is 5.56 Å². The van der Waals surface area contributed by atoms with Crippen LogP contribution in [0.3, 0.4) is 0 Å². The molecule has 0 spiro atoms. The fourth-order valence-electron chi connectivity index (χ4n) is 1.49. The van der Waals surface area contributed by atoms with Crippen LogP contribution < -0.4 is 4.74 Å². The Balaban J connectivity index is 1.82. The third-order valence-electron chi connectivity index (χ3n) is 2.53. The molecular formula is C14H16N2OS. The smallest absolute Gasteiger partial charge is 0.213 e. The fourth-order valence-corrected chi connectivity index (χ4v) is 1.85. The molecule has 0 atom stereocenters. The highest BCUT2D eigenvalue weighted by atomic mass is 32.2. The SMILES string of the molecule is CSc1ccc(CCOc2ccc(C)cn2)cn1. The summed E-state index contributed by atoms with van der Waals surface area (Å²) < 4.78 is 5.58. The molecule has 0 amide bonds. The van der Waals surface area contributed by atoms with Crippen molar-refractivity contribution in [3.63, 3.8) is 0 Å². The monoisotopic (exact) mass is 260 g/mol. The quantitative estimate of drug-likeness (QED) is 0.774. The van der Waals surface area contributed by atoms with Gasteiger partial charge in [-0.25, -0.2) is 9.97 Å². The molecule has 2 rings (SSSR count). The molecular weight excluding hydrogens is 244 g/mol. The first-order valence-corrected chi connectivity index (χ1v) is 7.05. The van der Waals surface area contributed by atoms with Crippen LogP contribution in [0.25, 0.3) is 0 Å². The first-order valence-electron chi connectivity index (χ1n) is 5.82. The van der Waals surface area contributed by atoms with E-state index in [9.17, 15) is 0 Å². The van der Waals surface area contributed by atoms with E-state index < -0.39 is 0 Å². The zero-order chi connectivity index (χ0) is 12.8. The average Bonchev–Trinajstić information content (AvgIpc) is 2.42. The number of nitrogens with zero attached hydrogens (tertiary/aromatic N) is 2. The Hall–Kier alpha value is -1.55. The lowest BCUT2D eigenvalue weighted by Gasteiger charge is -2.05. The van der Waals surface area contributed by atoms with Crippen LogP contribution in [0.4, 0.5) is 0 Å². The molecule has 2 aromatic rings. The second kappa shape index (κ2) is 6.40. The Kier molecular flexibility index (Phi) is 4.59. The summed E-state index contributed by atoms with van der Waals surface area (Å²) in [6.07, 6.45) is 6.58. The van der Waals surface area contributed by atoms with Gasteiger partial charge in [0.2, 0.25) is 5.88 Å². The molecule has 2 heterocycles. The number of ether oxygens (including phenoxy) is 1. The van der Waals surface area contributed by atoms with Gasteiger partial charge in [-0.3, -0.25) is 0 Å². The summed E-state index contributed by atoms with van der Waals surface area (Å²) in [5.74, 6) is 0.675. The normalized spacial score (nSPS) is 10.3. The zero-order valence-corrected chi connectivity index (χ0v) is 11.4. The van der Waals surface area contributed by atoms with Crippen LogP contribution in [0.15, 0.2) is 41.7 Å². The van der Waals surface area contributed by atoms with Gasteiger partial charge in [-0.15, -0.1) is 11.8 Å². The Morgan fingerprint density at radius 3 is 2.61 bits per heavy atom. The van der Waals surface area contributed by atoms with E-state index in [1.54, 1.807) is 11.8 Å². The molecule has 0 aliphatic carbocycles. The minimum absolute atomic E-state index is 0.621. The molecule has 0 saturated carbocycles. The van der Waals surface area contributed by atoms with Gasteiger partial charge in [0, 0.05) is 24.9 Å². The lowest BCUT2D eigenvalue weighted by molar-refractivity contribution is 0.309. The summed E-state index contributed by atoms with van der Waals surface area (Å²) in [4.78, 5) is 8.52. The van der Waals surface area contributed by atoms with E-state index in [2.05, 4.69) is 16.0 Å². The highest BCUT2D eigenvalue weighted by Gasteiger charge is 1.98. The minimum Gasteiger partial charge on any atom is -0.477 e. The summed E-state index contributed by atoms with van der Waals surface area (Å²) in [7, 11) is 0. The first-order chi connectivity index (χ1) is 8.78. The van der Waals surface area contributed by atoms with Crippen LogP contribution >= 0.6 is 11.8 Å². The fraction of sp³-hybridized carbons (Fsp3) is 0.286. The van der Waals surface area contributed by atoms with E-state index in [-0.39, 0.29) is 0 Å². The van der Waals surface area contributed by atoms with Crippen LogP contribution in [0, 0.1) is 6.92 Å². The summed E-state index contributed by atoms with van der Waals surface area (Å²) in [5.41, 5.74) is 2.32. The van der Waals surface area contributed by atoms with Crippen molar-refractivity contribution in [1.82, 2.24) is 9.97 Å². The number of rotatable bonds is 5. The van der Waals surface area contributed by atoms with Crippen molar-refractivity contribution in [1.29, 1.82) is 0 Å². The highest BCUT2D eigenvalue weighted by Crippen LogP contribution is 2.12. The standard InChI is InChI=1S/C14H16N2OS/c1-11-3-5-13(15-9-11)17-8-7-12-4-6-14(18-2)16-10-12/h3-6,9-10H,7-8H2,1-2H3. The summed E-state index contributed by atoms with van der Waals surface area (Å²) in [6.45, 7) is 2.63. The van der Waals surface area contributed by atoms with Crippen LogP contribution in [0.1, 0.15) is 11.1 Å². The van der Waals surface area contributed by atoms with Gasteiger partial charge in [0.15, 0.2) is 0 Å². The van der Waals surface area contributed by atoms with Crippen molar-refractivity contribution in [2.24, 2.45) is 0 Å². The molecule has 94 valence electrons. The van der Waals surface area contributed by atoms with Gasteiger partial charge in [-0.05, 0) is 30.4 Å². The molecule has 0 fully saturated rings. The van der Waals surface area contributed by atoms with Crippen molar-refractivity contribution in [2.45, 2.75) is 18.4 Å². The topological polar surface area (TPSA) is 35.0 Å². The Morgan fingerprint density at radius 1 is 1.11 bits per heavy atom. The summed E-state index contributed by atoms with van der Waals surface area (Å²) >= 11 is 1.65. The second-order valence-electron chi connectivity index (χ2n) is 3.98. The van der Waals surface area contributed by atoms with E-state index in [0.29, 0.717) is 12.5 Å². The van der Waals surface area contributed by atoms with Crippen LogP contribution in [-0.4, -0.2) is 22.8 Å². The number of aromatic nitrogens is 2. The van der Waals surface area contributed by atoms with Gasteiger partial charge in [-0.2, -0.15) is 0 Å². The maximum atomic E-state index is 5.58. The van der Waals surface area contributed by atoms with Crippen molar-refractivity contribution in [2.75, 3.05) is 12.9 Å². The maximum absolute atomic E-state index is 5.58. The largest absolute Gasteiger partial charge is 0.477 e. The van der Waals surface area contributed by atoms with Crippen LogP contribution in [-0.2, 0) is 6.42 Å². The molecule has 0 saturated heterocycles. The molecule has 0 bridgehead atoms. The van der Waals surface area contributed by atoms with Crippen molar-refractivity contribution in [3.05, 3.63) is 47.8 Å². The molecule has 0 unspecified atom stereocenters. The van der Waals surface area contributed by atoms with E-state index in [1.807, 2.05) is 43.8 Å². The van der Waals surface area contributed by atoms with E-state index >= 15 is 0 Å². The Labute approximate surface area is 112 Å². The third kappa shape index (κ3) is 3.74. The molecule has 2 aromatic heterocycles. The number of hydrogen-bond donors (Lipinski definition) is 0. The molecule has 4 heteroatoms. The Bertz CT molecular complexity index is 482. The number of thioether (sulfide) groups is 1. The Morgan fingerprint density at radius 2 is 2.00 bits per heavy atom. The third-order valence-corrected chi connectivity index (χ3v) is 3.19. The van der Waals surface area contributed by atoms with Gasteiger partial charge >= 0.3 is 0 Å². The lowest BCUT2D eigenvalue weighted by atomic mass is 10.2. The molecule has 18 heavy (non-hydrogen) atoms. The van der Waals surface area contributed by atoms with Crippen molar-refractivity contribution in [3.8, 4) is 5.88 Å². The predicted molar refractivity (Wildman–Crippen MR) is 74.2 cm³/mol. The van der Waals surface area contributed by atoms with Crippen molar-refractivity contribution >= 4 is 11.8 Å². The van der Waals surface area contributed by atoms with Crippen LogP contribution in [0.5, 0.6) is 5.88 Å². The predicted octanol–water partition coefficient (Wildman–Crippen LogP) is 3.13. The molecule has 0 aliphatic rings. The van der Waals surface area contributed by atoms with E-state index in [0.717, 1.165) is 17.0 Å². The minimum atomic E-state index is 0.621. The highest BCUT2D eigenvalue weighted by molar-refractivity contribution is 7.98. The van der Waals surface area contributed by atoms with Crippen molar-refractivity contribution < 1.29 is 4.74 Å². The molecule has 0 N–H and O–H groups in total. The van der Waals surface area contributed by atoms with Crippen LogP contribution in [0.2, 0.25) is 0 Å². The van der Waals surface area contributed by atoms with Gasteiger partial charge in [0.25, 0.3) is 0 Å². The lowest BCUT2D eigenvalue weighted by Crippen LogP contribution is -2.02. The van der Waals surface area contributed by atoms with E-state index in [4.69, 9.17) is 4.74 Å².